The lowest BCUT2D eigenvalue weighted by Crippen LogP contribution is -2.17. The van der Waals surface area contributed by atoms with E-state index in [0.717, 1.165) is 18.8 Å². The van der Waals surface area contributed by atoms with E-state index >= 15 is 0 Å². The standard InChI is InChI=1S/C11H17N3O2/c1-8(2)14-10-5-11(13-7-12-10)16-9-3-4-15-6-9/h5,7-9H,3-4,6H2,1-2H3,(H,12,13,14). The predicted octanol–water partition coefficient (Wildman–Crippen LogP) is 1.46. The van der Waals surface area contributed by atoms with Gasteiger partial charge in [-0.2, -0.15) is 0 Å². The van der Waals surface area contributed by atoms with Crippen LogP contribution in [0.15, 0.2) is 12.4 Å². The van der Waals surface area contributed by atoms with Gasteiger partial charge in [-0.1, -0.05) is 0 Å². The zero-order chi connectivity index (χ0) is 11.4. The number of ether oxygens (including phenoxy) is 2. The third-order valence-corrected chi connectivity index (χ3v) is 2.25. The van der Waals surface area contributed by atoms with E-state index in [1.54, 1.807) is 0 Å². The van der Waals surface area contributed by atoms with E-state index in [9.17, 15) is 0 Å². The van der Waals surface area contributed by atoms with Crippen molar-refractivity contribution in [3.63, 3.8) is 0 Å². The molecule has 0 spiro atoms. The van der Waals surface area contributed by atoms with Crippen molar-refractivity contribution < 1.29 is 9.47 Å². The van der Waals surface area contributed by atoms with Gasteiger partial charge in [-0.25, -0.2) is 9.97 Å². The molecule has 88 valence electrons. The molecule has 0 bridgehead atoms. The molecule has 0 radical (unpaired) electrons. The fraction of sp³-hybridized carbons (Fsp3) is 0.636. The molecule has 1 aromatic rings. The fourth-order valence-electron chi connectivity index (χ4n) is 1.56. The van der Waals surface area contributed by atoms with E-state index in [1.165, 1.54) is 6.33 Å². The molecule has 0 amide bonds. The Morgan fingerprint density at radius 3 is 3.06 bits per heavy atom. The molecule has 1 aliphatic heterocycles. The summed E-state index contributed by atoms with van der Waals surface area (Å²) in [5.41, 5.74) is 0. The second-order valence-corrected chi connectivity index (χ2v) is 4.14. The molecule has 1 N–H and O–H groups in total. The molecule has 1 aliphatic rings. The first-order chi connectivity index (χ1) is 7.74. The van der Waals surface area contributed by atoms with Gasteiger partial charge >= 0.3 is 0 Å². The molecule has 1 fully saturated rings. The monoisotopic (exact) mass is 223 g/mol. The van der Waals surface area contributed by atoms with Crippen molar-refractivity contribution in [1.29, 1.82) is 0 Å². The Balaban J connectivity index is 1.97. The molecule has 5 nitrogen and oxygen atoms in total. The lowest BCUT2D eigenvalue weighted by atomic mass is 10.3. The van der Waals surface area contributed by atoms with Crippen molar-refractivity contribution >= 4 is 5.82 Å². The smallest absolute Gasteiger partial charge is 0.218 e. The molecule has 16 heavy (non-hydrogen) atoms. The van der Waals surface area contributed by atoms with Crippen LogP contribution in [0.5, 0.6) is 5.88 Å². The van der Waals surface area contributed by atoms with Crippen LogP contribution in [0, 0.1) is 0 Å². The van der Waals surface area contributed by atoms with E-state index in [1.807, 2.05) is 6.07 Å². The van der Waals surface area contributed by atoms with Crippen molar-refractivity contribution in [2.75, 3.05) is 18.5 Å². The summed E-state index contributed by atoms with van der Waals surface area (Å²) in [6, 6.07) is 2.16. The van der Waals surface area contributed by atoms with Gasteiger partial charge in [0.15, 0.2) is 0 Å². The third-order valence-electron chi connectivity index (χ3n) is 2.25. The molecule has 5 heteroatoms. The van der Waals surface area contributed by atoms with Crippen molar-refractivity contribution in [2.24, 2.45) is 0 Å². The number of nitrogens with zero attached hydrogens (tertiary/aromatic N) is 2. The van der Waals surface area contributed by atoms with E-state index in [2.05, 4.69) is 29.1 Å². The molecule has 0 saturated carbocycles. The normalized spacial score (nSPS) is 20.1. The second-order valence-electron chi connectivity index (χ2n) is 4.14. The zero-order valence-electron chi connectivity index (χ0n) is 9.64. The number of rotatable bonds is 4. The van der Waals surface area contributed by atoms with Gasteiger partial charge in [0, 0.05) is 18.5 Å². The van der Waals surface area contributed by atoms with Crippen LogP contribution >= 0.6 is 0 Å². The molecule has 1 saturated heterocycles. The average Bonchev–Trinajstić information content (AvgIpc) is 2.70. The van der Waals surface area contributed by atoms with E-state index < -0.39 is 0 Å². The van der Waals surface area contributed by atoms with Crippen molar-refractivity contribution in [3.8, 4) is 5.88 Å². The number of aromatic nitrogens is 2. The number of nitrogens with one attached hydrogen (secondary N) is 1. The van der Waals surface area contributed by atoms with Gasteiger partial charge < -0.3 is 14.8 Å². The highest BCUT2D eigenvalue weighted by atomic mass is 16.5. The minimum Gasteiger partial charge on any atom is -0.472 e. The maximum absolute atomic E-state index is 5.68. The molecule has 2 rings (SSSR count). The molecule has 1 aromatic heterocycles. The lowest BCUT2D eigenvalue weighted by Gasteiger charge is -2.12. The predicted molar refractivity (Wildman–Crippen MR) is 60.6 cm³/mol. The molecule has 1 atom stereocenters. The van der Waals surface area contributed by atoms with E-state index in [0.29, 0.717) is 18.5 Å². The summed E-state index contributed by atoms with van der Waals surface area (Å²) in [6.45, 7) is 5.55. The maximum Gasteiger partial charge on any atom is 0.218 e. The van der Waals surface area contributed by atoms with E-state index in [4.69, 9.17) is 9.47 Å². The highest BCUT2D eigenvalue weighted by molar-refractivity contribution is 5.37. The van der Waals surface area contributed by atoms with Gasteiger partial charge in [0.05, 0.1) is 13.2 Å². The highest BCUT2D eigenvalue weighted by Gasteiger charge is 2.17. The summed E-state index contributed by atoms with van der Waals surface area (Å²) in [5, 5.41) is 3.21. The van der Waals surface area contributed by atoms with Gasteiger partial charge in [-0.05, 0) is 13.8 Å². The lowest BCUT2D eigenvalue weighted by molar-refractivity contribution is 0.138. The average molecular weight is 223 g/mol. The first-order valence-corrected chi connectivity index (χ1v) is 5.57. The number of hydrogen-bond acceptors (Lipinski definition) is 5. The van der Waals surface area contributed by atoms with Crippen LogP contribution in [0.4, 0.5) is 5.82 Å². The number of anilines is 1. The molecule has 0 aliphatic carbocycles. The summed E-state index contributed by atoms with van der Waals surface area (Å²) in [7, 11) is 0. The van der Waals surface area contributed by atoms with Crippen molar-refractivity contribution in [2.45, 2.75) is 32.4 Å². The Morgan fingerprint density at radius 1 is 1.50 bits per heavy atom. The highest BCUT2D eigenvalue weighted by Crippen LogP contribution is 2.16. The van der Waals surface area contributed by atoms with Gasteiger partial charge in [-0.3, -0.25) is 0 Å². The Kier molecular flexibility index (Phi) is 3.56. The summed E-state index contributed by atoms with van der Waals surface area (Å²) in [4.78, 5) is 8.20. The minimum atomic E-state index is 0.127. The van der Waals surface area contributed by atoms with Crippen LogP contribution in [0.25, 0.3) is 0 Å². The summed E-state index contributed by atoms with van der Waals surface area (Å²) in [6.07, 6.45) is 2.56. The topological polar surface area (TPSA) is 56.3 Å². The molecule has 1 unspecified atom stereocenters. The quantitative estimate of drug-likeness (QED) is 0.837. The van der Waals surface area contributed by atoms with Crippen LogP contribution < -0.4 is 10.1 Å². The third kappa shape index (κ3) is 3.06. The van der Waals surface area contributed by atoms with Crippen LogP contribution in [0.2, 0.25) is 0 Å². The molecule has 0 aromatic carbocycles. The minimum absolute atomic E-state index is 0.127. The number of hydrogen-bond donors (Lipinski definition) is 1. The SMILES string of the molecule is CC(C)Nc1cc(OC2CCOC2)ncn1. The Labute approximate surface area is 95.2 Å². The first kappa shape index (κ1) is 11.1. The van der Waals surface area contributed by atoms with Gasteiger partial charge in [0.1, 0.15) is 18.2 Å². The first-order valence-electron chi connectivity index (χ1n) is 5.57. The Bertz CT molecular complexity index is 338. The van der Waals surface area contributed by atoms with Gasteiger partial charge in [0.2, 0.25) is 5.88 Å². The van der Waals surface area contributed by atoms with Crippen LogP contribution in [-0.2, 0) is 4.74 Å². The second kappa shape index (κ2) is 5.12. The maximum atomic E-state index is 5.68. The van der Waals surface area contributed by atoms with Crippen molar-refractivity contribution in [1.82, 2.24) is 9.97 Å². The van der Waals surface area contributed by atoms with Gasteiger partial charge in [-0.15, -0.1) is 0 Å². The van der Waals surface area contributed by atoms with E-state index in [-0.39, 0.29) is 6.10 Å². The molecular weight excluding hydrogens is 206 g/mol. The van der Waals surface area contributed by atoms with Crippen LogP contribution in [-0.4, -0.2) is 35.3 Å². The fourth-order valence-corrected chi connectivity index (χ4v) is 1.56. The largest absolute Gasteiger partial charge is 0.472 e. The summed E-state index contributed by atoms with van der Waals surface area (Å²) in [5.74, 6) is 1.40. The van der Waals surface area contributed by atoms with Crippen LogP contribution in [0.3, 0.4) is 0 Å². The summed E-state index contributed by atoms with van der Waals surface area (Å²) < 4.78 is 10.9. The molecular formula is C11H17N3O2. The van der Waals surface area contributed by atoms with Crippen LogP contribution in [0.1, 0.15) is 20.3 Å². The summed E-state index contributed by atoms with van der Waals surface area (Å²) >= 11 is 0. The Hall–Kier alpha value is -1.36. The Morgan fingerprint density at radius 2 is 2.38 bits per heavy atom. The van der Waals surface area contributed by atoms with Crippen molar-refractivity contribution in [3.05, 3.63) is 12.4 Å². The zero-order valence-corrected chi connectivity index (χ0v) is 9.64. The molecule has 2 heterocycles. The van der Waals surface area contributed by atoms with Gasteiger partial charge in [0.25, 0.3) is 0 Å².